The van der Waals surface area contributed by atoms with Crippen molar-refractivity contribution in [3.05, 3.63) is 36.5 Å². The van der Waals surface area contributed by atoms with Gasteiger partial charge in [0.15, 0.2) is 11.5 Å². The van der Waals surface area contributed by atoms with Gasteiger partial charge in [0.1, 0.15) is 5.52 Å². The third-order valence-corrected chi connectivity index (χ3v) is 2.80. The number of imidazole rings is 1. The predicted molar refractivity (Wildman–Crippen MR) is 69.0 cm³/mol. The third-order valence-electron chi connectivity index (χ3n) is 2.80. The van der Waals surface area contributed by atoms with Crippen molar-refractivity contribution in [1.29, 1.82) is 0 Å². The molecular weight excluding hydrogens is 226 g/mol. The summed E-state index contributed by atoms with van der Waals surface area (Å²) in [5.41, 5.74) is 3.51. The van der Waals surface area contributed by atoms with E-state index < -0.39 is 0 Å². The van der Waals surface area contributed by atoms with Gasteiger partial charge in [-0.05, 0) is 18.1 Å². The highest BCUT2D eigenvalue weighted by Crippen LogP contribution is 2.24. The zero-order valence-corrected chi connectivity index (χ0v) is 10.3. The lowest BCUT2D eigenvalue weighted by Crippen LogP contribution is -1.99. The van der Waals surface area contributed by atoms with E-state index in [1.807, 2.05) is 12.1 Å². The van der Waals surface area contributed by atoms with Crippen LogP contribution in [-0.4, -0.2) is 24.9 Å². The van der Waals surface area contributed by atoms with E-state index in [9.17, 15) is 0 Å². The molecule has 0 saturated carbocycles. The average Bonchev–Trinajstić information content (AvgIpc) is 2.85. The van der Waals surface area contributed by atoms with Crippen LogP contribution in [0.4, 0.5) is 0 Å². The number of pyridine rings is 1. The van der Waals surface area contributed by atoms with Gasteiger partial charge in [-0.1, -0.05) is 13.8 Å². The maximum absolute atomic E-state index is 4.48. The second-order valence-electron chi connectivity index (χ2n) is 4.42. The normalized spacial score (nSPS) is 11.3. The summed E-state index contributed by atoms with van der Waals surface area (Å²) in [6.45, 7) is 4.22. The lowest BCUT2D eigenvalue weighted by atomic mass is 10.0. The number of nitrogens with zero attached hydrogens (tertiary/aromatic N) is 4. The number of H-pyrrole nitrogens is 1. The SMILES string of the molecule is CC(C)c1ncccc1-c1ncc2nc[nH]c2n1. The molecule has 0 aliphatic rings. The molecule has 0 unspecified atom stereocenters. The first kappa shape index (κ1) is 10.8. The summed E-state index contributed by atoms with van der Waals surface area (Å²) in [6, 6.07) is 3.90. The van der Waals surface area contributed by atoms with Crippen molar-refractivity contribution >= 4 is 11.2 Å². The van der Waals surface area contributed by atoms with Gasteiger partial charge in [0.2, 0.25) is 0 Å². The van der Waals surface area contributed by atoms with Gasteiger partial charge in [-0.25, -0.2) is 15.0 Å². The molecule has 0 bridgehead atoms. The Morgan fingerprint density at radius 2 is 2.06 bits per heavy atom. The lowest BCUT2D eigenvalue weighted by Gasteiger charge is -2.09. The first-order valence-electron chi connectivity index (χ1n) is 5.87. The van der Waals surface area contributed by atoms with Crippen LogP contribution in [0.5, 0.6) is 0 Å². The van der Waals surface area contributed by atoms with Crippen LogP contribution < -0.4 is 0 Å². The summed E-state index contributed by atoms with van der Waals surface area (Å²) >= 11 is 0. The predicted octanol–water partition coefficient (Wildman–Crippen LogP) is 2.54. The number of aromatic nitrogens is 5. The van der Waals surface area contributed by atoms with Crippen LogP contribution in [0.25, 0.3) is 22.6 Å². The molecule has 0 amide bonds. The van der Waals surface area contributed by atoms with E-state index in [0.29, 0.717) is 11.7 Å². The molecule has 3 aromatic rings. The minimum atomic E-state index is 0.335. The molecule has 3 aromatic heterocycles. The van der Waals surface area contributed by atoms with Crippen LogP contribution in [-0.2, 0) is 0 Å². The maximum Gasteiger partial charge on any atom is 0.163 e. The molecule has 3 rings (SSSR count). The molecular formula is C13H13N5. The Morgan fingerprint density at radius 3 is 2.89 bits per heavy atom. The van der Waals surface area contributed by atoms with E-state index in [1.54, 1.807) is 18.7 Å². The van der Waals surface area contributed by atoms with Gasteiger partial charge in [0, 0.05) is 11.8 Å². The highest BCUT2D eigenvalue weighted by atomic mass is 15.0. The third kappa shape index (κ3) is 1.73. The first-order chi connectivity index (χ1) is 8.75. The molecule has 0 aliphatic heterocycles. The molecule has 0 spiro atoms. The van der Waals surface area contributed by atoms with Crippen molar-refractivity contribution in [3.63, 3.8) is 0 Å². The van der Waals surface area contributed by atoms with Crippen LogP contribution in [0.2, 0.25) is 0 Å². The van der Waals surface area contributed by atoms with E-state index >= 15 is 0 Å². The van der Waals surface area contributed by atoms with E-state index in [0.717, 1.165) is 22.4 Å². The van der Waals surface area contributed by atoms with Crippen LogP contribution in [0, 0.1) is 0 Å². The summed E-state index contributed by atoms with van der Waals surface area (Å²) in [5, 5.41) is 0. The fourth-order valence-electron chi connectivity index (χ4n) is 1.94. The summed E-state index contributed by atoms with van der Waals surface area (Å²) in [4.78, 5) is 20.4. The fraction of sp³-hybridized carbons (Fsp3) is 0.231. The molecule has 0 aromatic carbocycles. The van der Waals surface area contributed by atoms with Crippen molar-refractivity contribution in [1.82, 2.24) is 24.9 Å². The van der Waals surface area contributed by atoms with Gasteiger partial charge in [0.25, 0.3) is 0 Å². The van der Waals surface area contributed by atoms with Crippen LogP contribution in [0.3, 0.4) is 0 Å². The fourth-order valence-corrected chi connectivity index (χ4v) is 1.94. The average molecular weight is 239 g/mol. The Balaban J connectivity index is 2.19. The maximum atomic E-state index is 4.48. The Labute approximate surface area is 104 Å². The van der Waals surface area contributed by atoms with Gasteiger partial charge in [0.05, 0.1) is 18.2 Å². The molecule has 90 valence electrons. The zero-order chi connectivity index (χ0) is 12.5. The molecule has 5 nitrogen and oxygen atoms in total. The minimum absolute atomic E-state index is 0.335. The molecule has 1 N–H and O–H groups in total. The van der Waals surface area contributed by atoms with Gasteiger partial charge < -0.3 is 4.98 Å². The van der Waals surface area contributed by atoms with Gasteiger partial charge in [-0.3, -0.25) is 4.98 Å². The summed E-state index contributed by atoms with van der Waals surface area (Å²) in [6.07, 6.45) is 5.15. The highest BCUT2D eigenvalue weighted by molar-refractivity contribution is 5.72. The molecule has 5 heteroatoms. The van der Waals surface area contributed by atoms with Crippen molar-refractivity contribution in [2.75, 3.05) is 0 Å². The Kier molecular flexibility index (Phi) is 2.51. The van der Waals surface area contributed by atoms with Crippen molar-refractivity contribution < 1.29 is 0 Å². The number of nitrogens with one attached hydrogen (secondary N) is 1. The van der Waals surface area contributed by atoms with Crippen LogP contribution >= 0.6 is 0 Å². The zero-order valence-electron chi connectivity index (χ0n) is 10.3. The molecule has 0 atom stereocenters. The van der Waals surface area contributed by atoms with Gasteiger partial charge in [-0.15, -0.1) is 0 Å². The molecule has 0 fully saturated rings. The second-order valence-corrected chi connectivity index (χ2v) is 4.42. The highest BCUT2D eigenvalue weighted by Gasteiger charge is 2.12. The van der Waals surface area contributed by atoms with Gasteiger partial charge in [-0.2, -0.15) is 0 Å². The van der Waals surface area contributed by atoms with Gasteiger partial charge >= 0.3 is 0 Å². The Bertz CT molecular complexity index is 686. The van der Waals surface area contributed by atoms with Crippen LogP contribution in [0.15, 0.2) is 30.9 Å². The van der Waals surface area contributed by atoms with Crippen LogP contribution in [0.1, 0.15) is 25.5 Å². The van der Waals surface area contributed by atoms with E-state index in [4.69, 9.17) is 0 Å². The van der Waals surface area contributed by atoms with Crippen molar-refractivity contribution in [3.8, 4) is 11.4 Å². The Morgan fingerprint density at radius 1 is 1.17 bits per heavy atom. The minimum Gasteiger partial charge on any atom is -0.329 e. The molecule has 0 radical (unpaired) electrons. The Hall–Kier alpha value is -2.30. The second kappa shape index (κ2) is 4.18. The lowest BCUT2D eigenvalue weighted by molar-refractivity contribution is 0.823. The largest absolute Gasteiger partial charge is 0.329 e. The number of rotatable bonds is 2. The summed E-state index contributed by atoms with van der Waals surface area (Å²) in [5.74, 6) is 1.02. The van der Waals surface area contributed by atoms with E-state index in [1.165, 1.54) is 0 Å². The molecule has 0 saturated heterocycles. The van der Waals surface area contributed by atoms with Crippen molar-refractivity contribution in [2.24, 2.45) is 0 Å². The molecule has 0 aliphatic carbocycles. The number of fused-ring (bicyclic) bond motifs is 1. The molecule has 3 heterocycles. The summed E-state index contributed by atoms with van der Waals surface area (Å²) in [7, 11) is 0. The topological polar surface area (TPSA) is 67.3 Å². The molecule has 18 heavy (non-hydrogen) atoms. The number of aromatic amines is 1. The quantitative estimate of drug-likeness (QED) is 0.746. The van der Waals surface area contributed by atoms with Crippen molar-refractivity contribution in [2.45, 2.75) is 19.8 Å². The first-order valence-corrected chi connectivity index (χ1v) is 5.87. The van der Waals surface area contributed by atoms with E-state index in [2.05, 4.69) is 38.8 Å². The standard InChI is InChI=1S/C13H13N5/c1-8(2)11-9(4-3-5-14-11)12-15-6-10-13(18-12)17-7-16-10/h3-8H,1-2H3,(H,15,16,17,18). The monoisotopic (exact) mass is 239 g/mol. The summed E-state index contributed by atoms with van der Waals surface area (Å²) < 4.78 is 0. The van der Waals surface area contributed by atoms with E-state index in [-0.39, 0.29) is 0 Å². The smallest absolute Gasteiger partial charge is 0.163 e. The number of hydrogen-bond donors (Lipinski definition) is 1. The number of hydrogen-bond acceptors (Lipinski definition) is 4.